The molecule has 3 aromatic rings. The zero-order chi connectivity index (χ0) is 25.8. The molecule has 4 atom stereocenters. The van der Waals surface area contributed by atoms with Crippen LogP contribution in [-0.2, 0) is 20.7 Å². The molecule has 0 aliphatic carbocycles. The standard InChI is InChI=1S/C27H35N3O6/c1-4-5-6-7-17-8-10-18(11-9-17)21-12-19-14-30(27(33)29-25(19)36-21)23-13-20(31)22(35-23)15-34-26(32)24(28)16(2)3/h8-12,14,16,20,22-24,31H,4-7,13,15,28H2,1-3H3/t20-,22+,23+,24?/m0/s1. The van der Waals surface area contributed by atoms with E-state index in [1.54, 1.807) is 6.20 Å². The number of hydrogen-bond donors (Lipinski definition) is 2. The first-order chi connectivity index (χ1) is 17.3. The number of aliphatic hydroxyl groups is 1. The number of rotatable bonds is 10. The van der Waals surface area contributed by atoms with Crippen LogP contribution in [0.4, 0.5) is 0 Å². The van der Waals surface area contributed by atoms with Gasteiger partial charge < -0.3 is 24.7 Å². The molecule has 0 spiro atoms. The summed E-state index contributed by atoms with van der Waals surface area (Å²) in [6.07, 6.45) is 4.00. The van der Waals surface area contributed by atoms with Gasteiger partial charge in [0.25, 0.3) is 0 Å². The topological polar surface area (TPSA) is 130 Å². The fourth-order valence-electron chi connectivity index (χ4n) is 4.26. The molecule has 0 saturated carbocycles. The number of fused-ring (bicyclic) bond motifs is 1. The number of furan rings is 1. The average molecular weight is 498 g/mol. The summed E-state index contributed by atoms with van der Waals surface area (Å²) in [6, 6.07) is 9.31. The van der Waals surface area contributed by atoms with Crippen LogP contribution < -0.4 is 11.4 Å². The number of carbonyl (C=O) groups is 1. The molecule has 1 saturated heterocycles. The first kappa shape index (κ1) is 26.1. The van der Waals surface area contributed by atoms with E-state index >= 15 is 0 Å². The molecule has 1 unspecified atom stereocenters. The van der Waals surface area contributed by atoms with Crippen molar-refractivity contribution in [2.75, 3.05) is 6.61 Å². The monoisotopic (exact) mass is 497 g/mol. The van der Waals surface area contributed by atoms with Crippen LogP contribution >= 0.6 is 0 Å². The van der Waals surface area contributed by atoms with E-state index in [4.69, 9.17) is 19.6 Å². The molecule has 1 aliphatic heterocycles. The van der Waals surface area contributed by atoms with Gasteiger partial charge >= 0.3 is 11.7 Å². The number of hydrogen-bond acceptors (Lipinski definition) is 8. The van der Waals surface area contributed by atoms with Gasteiger partial charge in [0.15, 0.2) is 0 Å². The van der Waals surface area contributed by atoms with Crippen molar-refractivity contribution < 1.29 is 23.8 Å². The zero-order valence-electron chi connectivity index (χ0n) is 21.1. The van der Waals surface area contributed by atoms with Gasteiger partial charge in [0.1, 0.15) is 30.7 Å². The minimum atomic E-state index is -0.906. The minimum absolute atomic E-state index is 0.0698. The van der Waals surface area contributed by atoms with E-state index < -0.39 is 36.1 Å². The fraction of sp³-hybridized carbons (Fsp3) is 0.519. The Hall–Kier alpha value is -3.01. The van der Waals surface area contributed by atoms with Crippen molar-refractivity contribution in [1.29, 1.82) is 0 Å². The Morgan fingerprint density at radius 3 is 2.72 bits per heavy atom. The molecule has 1 fully saturated rings. The van der Waals surface area contributed by atoms with Crippen LogP contribution in [0.3, 0.4) is 0 Å². The van der Waals surface area contributed by atoms with Crippen molar-refractivity contribution in [3.8, 4) is 11.3 Å². The number of nitrogens with two attached hydrogens (primary N) is 1. The predicted molar refractivity (Wildman–Crippen MR) is 135 cm³/mol. The molecule has 0 radical (unpaired) electrons. The lowest BCUT2D eigenvalue weighted by Crippen LogP contribution is -2.39. The van der Waals surface area contributed by atoms with Crippen LogP contribution in [0.2, 0.25) is 0 Å². The number of benzene rings is 1. The predicted octanol–water partition coefficient (Wildman–Crippen LogP) is 3.56. The highest BCUT2D eigenvalue weighted by atomic mass is 16.6. The van der Waals surface area contributed by atoms with Crippen molar-refractivity contribution in [2.24, 2.45) is 11.7 Å². The summed E-state index contributed by atoms with van der Waals surface area (Å²) in [4.78, 5) is 28.8. The Morgan fingerprint density at radius 2 is 2.03 bits per heavy atom. The Labute approximate surface area is 210 Å². The Kier molecular flexibility index (Phi) is 8.23. The second-order valence-corrected chi connectivity index (χ2v) is 9.79. The number of carbonyl (C=O) groups excluding carboxylic acids is 1. The lowest BCUT2D eigenvalue weighted by Gasteiger charge is -2.18. The van der Waals surface area contributed by atoms with Crippen LogP contribution in [0.15, 0.2) is 45.7 Å². The van der Waals surface area contributed by atoms with E-state index in [2.05, 4.69) is 24.0 Å². The quantitative estimate of drug-likeness (QED) is 0.321. The fourth-order valence-corrected chi connectivity index (χ4v) is 4.26. The molecular formula is C27H35N3O6. The lowest BCUT2D eigenvalue weighted by atomic mass is 10.0. The van der Waals surface area contributed by atoms with Gasteiger partial charge in [-0.05, 0) is 30.4 Å². The highest BCUT2D eigenvalue weighted by molar-refractivity contribution is 5.79. The molecule has 36 heavy (non-hydrogen) atoms. The Balaban J connectivity index is 1.46. The van der Waals surface area contributed by atoms with E-state index in [0.717, 1.165) is 12.0 Å². The van der Waals surface area contributed by atoms with Crippen LogP contribution in [0.5, 0.6) is 0 Å². The van der Waals surface area contributed by atoms with Crippen molar-refractivity contribution in [2.45, 2.75) is 77.4 Å². The highest BCUT2D eigenvalue weighted by Gasteiger charge is 2.37. The highest BCUT2D eigenvalue weighted by Crippen LogP contribution is 2.31. The Bertz CT molecular complexity index is 1230. The second kappa shape index (κ2) is 11.4. The van der Waals surface area contributed by atoms with Crippen molar-refractivity contribution in [3.63, 3.8) is 0 Å². The third-order valence-electron chi connectivity index (χ3n) is 6.64. The van der Waals surface area contributed by atoms with E-state index in [-0.39, 0.29) is 24.7 Å². The molecule has 4 rings (SSSR count). The lowest BCUT2D eigenvalue weighted by molar-refractivity contribution is -0.152. The number of unbranched alkanes of at least 4 members (excludes halogenated alkanes) is 2. The number of ether oxygens (including phenoxy) is 2. The van der Waals surface area contributed by atoms with Crippen LogP contribution in [0.25, 0.3) is 22.4 Å². The first-order valence-corrected chi connectivity index (χ1v) is 12.6. The number of esters is 1. The number of nitrogens with zero attached hydrogens (tertiary/aromatic N) is 2. The van der Waals surface area contributed by atoms with E-state index in [1.165, 1.54) is 29.4 Å². The van der Waals surface area contributed by atoms with Gasteiger partial charge in [-0.15, -0.1) is 0 Å². The van der Waals surface area contributed by atoms with Gasteiger partial charge in [-0.2, -0.15) is 4.98 Å². The van der Waals surface area contributed by atoms with Gasteiger partial charge in [0.2, 0.25) is 5.71 Å². The molecule has 3 N–H and O–H groups in total. The summed E-state index contributed by atoms with van der Waals surface area (Å²) in [5.41, 5.74) is 7.68. The molecule has 9 heteroatoms. The molecular weight excluding hydrogens is 462 g/mol. The Morgan fingerprint density at radius 1 is 1.28 bits per heavy atom. The second-order valence-electron chi connectivity index (χ2n) is 9.79. The number of aromatic nitrogens is 2. The van der Waals surface area contributed by atoms with E-state index in [9.17, 15) is 14.7 Å². The first-order valence-electron chi connectivity index (χ1n) is 12.6. The maximum Gasteiger partial charge on any atom is 0.353 e. The minimum Gasteiger partial charge on any atom is -0.462 e. The molecule has 9 nitrogen and oxygen atoms in total. The van der Waals surface area contributed by atoms with Crippen molar-refractivity contribution in [3.05, 3.63) is 52.6 Å². The summed E-state index contributed by atoms with van der Waals surface area (Å²) in [6.45, 7) is 5.69. The van der Waals surface area contributed by atoms with Crippen molar-refractivity contribution in [1.82, 2.24) is 9.55 Å². The molecule has 0 bridgehead atoms. The summed E-state index contributed by atoms with van der Waals surface area (Å²) < 4.78 is 18.3. The average Bonchev–Trinajstić information content (AvgIpc) is 3.44. The molecule has 1 aliphatic rings. The maximum absolute atomic E-state index is 12.7. The molecule has 0 amide bonds. The largest absolute Gasteiger partial charge is 0.462 e. The number of aryl methyl sites for hydroxylation is 1. The van der Waals surface area contributed by atoms with Gasteiger partial charge in [0.05, 0.1) is 11.5 Å². The third-order valence-corrected chi connectivity index (χ3v) is 6.64. The summed E-state index contributed by atoms with van der Waals surface area (Å²) in [5, 5.41) is 11.1. The zero-order valence-corrected chi connectivity index (χ0v) is 21.1. The van der Waals surface area contributed by atoms with Crippen LogP contribution in [0, 0.1) is 5.92 Å². The molecule has 194 valence electrons. The molecule has 2 aromatic heterocycles. The maximum atomic E-state index is 12.7. The summed E-state index contributed by atoms with van der Waals surface area (Å²) >= 11 is 0. The molecule has 3 heterocycles. The SMILES string of the molecule is CCCCCc1ccc(-c2cc3cn([C@H]4C[C@H](O)[C@@H](COC(=O)C(N)C(C)C)O4)c(=O)nc3o2)cc1. The van der Waals surface area contributed by atoms with Crippen molar-refractivity contribution >= 4 is 17.1 Å². The van der Waals surface area contributed by atoms with Crippen LogP contribution in [0.1, 0.15) is 58.2 Å². The van der Waals surface area contributed by atoms with Gasteiger partial charge in [-0.1, -0.05) is 57.9 Å². The van der Waals surface area contributed by atoms with Gasteiger partial charge in [0, 0.05) is 18.2 Å². The third kappa shape index (κ3) is 5.86. The van der Waals surface area contributed by atoms with Crippen LogP contribution in [-0.4, -0.2) is 45.5 Å². The molecule has 1 aromatic carbocycles. The summed E-state index contributed by atoms with van der Waals surface area (Å²) in [5.74, 6) is -0.00235. The normalized spacial score (nSPS) is 20.8. The summed E-state index contributed by atoms with van der Waals surface area (Å²) in [7, 11) is 0. The smallest absolute Gasteiger partial charge is 0.353 e. The number of aliphatic hydroxyl groups excluding tert-OH is 1. The van der Waals surface area contributed by atoms with Gasteiger partial charge in [-0.3, -0.25) is 9.36 Å². The van der Waals surface area contributed by atoms with E-state index in [0.29, 0.717) is 11.1 Å². The van der Waals surface area contributed by atoms with Gasteiger partial charge in [-0.25, -0.2) is 4.79 Å². The van der Waals surface area contributed by atoms with E-state index in [1.807, 2.05) is 32.0 Å².